The molecule has 0 radical (unpaired) electrons. The zero-order chi connectivity index (χ0) is 22.4. The van der Waals surface area contributed by atoms with Crippen molar-refractivity contribution in [2.75, 3.05) is 13.7 Å². The molecule has 30 heavy (non-hydrogen) atoms. The summed E-state index contributed by atoms with van der Waals surface area (Å²) >= 11 is 0. The van der Waals surface area contributed by atoms with Crippen LogP contribution in [0.5, 0.6) is 5.75 Å². The van der Waals surface area contributed by atoms with Gasteiger partial charge in [-0.1, -0.05) is 24.5 Å². The van der Waals surface area contributed by atoms with Crippen LogP contribution in [-0.4, -0.2) is 31.0 Å². The quantitative estimate of drug-likeness (QED) is 0.414. The van der Waals surface area contributed by atoms with Crippen molar-refractivity contribution in [2.45, 2.75) is 76.8 Å². The Balaban J connectivity index is 0.00000155. The van der Waals surface area contributed by atoms with E-state index in [4.69, 9.17) is 9.84 Å². The van der Waals surface area contributed by atoms with E-state index >= 15 is 0 Å². The molecule has 6 heteroatoms. The Bertz CT molecular complexity index is 745. The number of hydrogen-bond donors (Lipinski definition) is 1. The largest absolute Gasteiger partial charge is 0.489 e. The van der Waals surface area contributed by atoms with Crippen molar-refractivity contribution in [1.29, 1.82) is 0 Å². The minimum absolute atomic E-state index is 0.126. The van der Waals surface area contributed by atoms with Gasteiger partial charge in [-0.3, -0.25) is 0 Å². The summed E-state index contributed by atoms with van der Waals surface area (Å²) in [6.45, 7) is 3.06. The number of aliphatic hydroxyl groups is 1. The predicted octanol–water partition coefficient (Wildman–Crippen LogP) is 5.93. The minimum Gasteiger partial charge on any atom is -0.489 e. The number of ether oxygens (including phenoxy) is 1. The number of rotatable bonds is 8. The van der Waals surface area contributed by atoms with Gasteiger partial charge >= 0.3 is 0 Å². The molecule has 0 spiro atoms. The molecule has 3 rings (SSSR count). The van der Waals surface area contributed by atoms with Crippen molar-refractivity contribution in [3.63, 3.8) is 0 Å². The summed E-state index contributed by atoms with van der Waals surface area (Å²) in [5.74, 6) is -1.94. The Morgan fingerprint density at radius 1 is 1.20 bits per heavy atom. The highest BCUT2D eigenvalue weighted by molar-refractivity contribution is 5.51. The molecule has 0 saturated heterocycles. The highest BCUT2D eigenvalue weighted by atomic mass is 19.3. The van der Waals surface area contributed by atoms with Crippen molar-refractivity contribution >= 4 is 6.29 Å². The highest BCUT2D eigenvalue weighted by Crippen LogP contribution is 2.46. The van der Waals surface area contributed by atoms with E-state index in [-0.39, 0.29) is 25.4 Å². The van der Waals surface area contributed by atoms with Gasteiger partial charge in [0.2, 0.25) is 0 Å². The number of hydrogen-bond acceptors (Lipinski definition) is 3. The third kappa shape index (κ3) is 6.34. The minimum atomic E-state index is -2.68. The van der Waals surface area contributed by atoms with Crippen molar-refractivity contribution in [3.05, 3.63) is 40.5 Å². The first kappa shape index (κ1) is 24.4. The van der Waals surface area contributed by atoms with Crippen LogP contribution in [-0.2, 0) is 16.9 Å². The van der Waals surface area contributed by atoms with Gasteiger partial charge in [0.25, 0.3) is 5.92 Å². The second-order valence-electron chi connectivity index (χ2n) is 8.61. The third-order valence-electron chi connectivity index (χ3n) is 5.89. The molecule has 1 aromatic carbocycles. The number of aldehydes is 1. The average molecular weight is 427 g/mol. The molecule has 0 atom stereocenters. The number of allylic oxidation sites excluding steroid dienone is 1. The molecule has 1 N–H and O–H groups in total. The zero-order valence-electron chi connectivity index (χ0n) is 18.1. The summed E-state index contributed by atoms with van der Waals surface area (Å²) in [6, 6.07) is 5.15. The van der Waals surface area contributed by atoms with Crippen LogP contribution in [0.1, 0.15) is 69.9 Å². The molecule has 1 fully saturated rings. The summed E-state index contributed by atoms with van der Waals surface area (Å²) in [4.78, 5) is 10.7. The van der Waals surface area contributed by atoms with Crippen LogP contribution < -0.4 is 4.74 Å². The van der Waals surface area contributed by atoms with Gasteiger partial charge in [0, 0.05) is 26.4 Å². The number of carbonyl (C=O) groups is 1. The maximum absolute atomic E-state index is 14.6. The number of alkyl halides is 3. The van der Waals surface area contributed by atoms with Gasteiger partial charge in [0.15, 0.2) is 0 Å². The molecule has 0 bridgehead atoms. The molecule has 0 heterocycles. The van der Waals surface area contributed by atoms with Crippen molar-refractivity contribution in [1.82, 2.24) is 0 Å². The normalized spacial score (nSPS) is 18.9. The van der Waals surface area contributed by atoms with Crippen molar-refractivity contribution in [2.24, 2.45) is 5.92 Å². The maximum Gasteiger partial charge on any atom is 0.255 e. The van der Waals surface area contributed by atoms with Gasteiger partial charge in [-0.2, -0.15) is 0 Å². The lowest BCUT2D eigenvalue weighted by Crippen LogP contribution is -2.14. The fraction of sp³-hybridized carbons (Fsp3) is 0.625. The van der Waals surface area contributed by atoms with Gasteiger partial charge in [-0.25, -0.2) is 13.2 Å². The van der Waals surface area contributed by atoms with Crippen molar-refractivity contribution < 1.29 is 27.8 Å². The first-order valence-electron chi connectivity index (χ1n) is 10.6. The molecular weight excluding hydrogens is 393 g/mol. The van der Waals surface area contributed by atoms with Gasteiger partial charge in [0.05, 0.1) is 0 Å². The third-order valence-corrected chi connectivity index (χ3v) is 5.89. The lowest BCUT2D eigenvalue weighted by atomic mass is 9.92. The van der Waals surface area contributed by atoms with Crippen LogP contribution in [0, 0.1) is 5.92 Å². The Morgan fingerprint density at radius 3 is 2.47 bits per heavy atom. The fourth-order valence-corrected chi connectivity index (χ4v) is 4.54. The number of carbonyl (C=O) groups excluding carboxylic acids is 1. The molecule has 0 aromatic heterocycles. The molecule has 0 aliphatic heterocycles. The van der Waals surface area contributed by atoms with Crippen LogP contribution in [0.15, 0.2) is 29.3 Å². The van der Waals surface area contributed by atoms with Gasteiger partial charge < -0.3 is 14.6 Å². The lowest BCUT2D eigenvalue weighted by Gasteiger charge is -2.21. The summed E-state index contributed by atoms with van der Waals surface area (Å²) < 4.78 is 48.6. The predicted molar refractivity (Wildman–Crippen MR) is 112 cm³/mol. The van der Waals surface area contributed by atoms with E-state index in [1.807, 2.05) is 0 Å². The molecule has 1 saturated carbocycles. The summed E-state index contributed by atoms with van der Waals surface area (Å²) in [5, 5.41) is 7.00. The van der Waals surface area contributed by atoms with E-state index in [1.165, 1.54) is 13.8 Å². The van der Waals surface area contributed by atoms with Crippen LogP contribution >= 0.6 is 0 Å². The van der Waals surface area contributed by atoms with Crippen LogP contribution in [0.2, 0.25) is 0 Å². The fourth-order valence-electron chi connectivity index (χ4n) is 4.54. The van der Waals surface area contributed by atoms with Gasteiger partial charge in [-0.15, -0.1) is 0 Å². The van der Waals surface area contributed by atoms with Crippen LogP contribution in [0.25, 0.3) is 0 Å². The molecule has 1 aromatic rings. The van der Waals surface area contributed by atoms with E-state index < -0.39 is 11.6 Å². The van der Waals surface area contributed by atoms with Gasteiger partial charge in [0.1, 0.15) is 24.3 Å². The first-order valence-corrected chi connectivity index (χ1v) is 10.6. The van der Waals surface area contributed by atoms with E-state index in [2.05, 4.69) is 0 Å². The Morgan fingerprint density at radius 2 is 1.87 bits per heavy atom. The molecule has 2 aliphatic rings. The standard InChI is InChI=1S/C23H29F3O2.CH4O/c1-22(2,24)21-12-19(10-9-17(21)8-5-11-27)28-15-18-13-23(25,26)14-20(18)16-6-3-4-7-16;1-2/h9-12,16H,3-8,13-15H2,1-2H3;2H,1H3. The first-order chi connectivity index (χ1) is 14.2. The number of halogens is 3. The average Bonchev–Trinajstić information content (AvgIpc) is 3.33. The second-order valence-corrected chi connectivity index (χ2v) is 8.61. The Hall–Kier alpha value is -1.82. The van der Waals surface area contributed by atoms with Crippen molar-refractivity contribution in [3.8, 4) is 5.75 Å². The van der Waals surface area contributed by atoms with Crippen LogP contribution in [0.3, 0.4) is 0 Å². The monoisotopic (exact) mass is 426 g/mol. The van der Waals surface area contributed by atoms with Crippen LogP contribution in [0.4, 0.5) is 13.2 Å². The number of aryl methyl sites for hydroxylation is 1. The molecule has 2 aliphatic carbocycles. The molecule has 0 unspecified atom stereocenters. The summed E-state index contributed by atoms with van der Waals surface area (Å²) in [7, 11) is 1.00. The number of benzene rings is 1. The summed E-state index contributed by atoms with van der Waals surface area (Å²) in [6.07, 6.45) is 5.40. The lowest BCUT2D eigenvalue weighted by molar-refractivity contribution is -0.107. The molecular formula is C24H33F3O3. The Labute approximate surface area is 177 Å². The van der Waals surface area contributed by atoms with Gasteiger partial charge in [-0.05, 0) is 67.9 Å². The molecule has 3 nitrogen and oxygen atoms in total. The van der Waals surface area contributed by atoms with E-state index in [0.717, 1.165) is 50.2 Å². The molecule has 168 valence electrons. The Kier molecular flexibility index (Phi) is 8.53. The second kappa shape index (κ2) is 10.5. The number of aliphatic hydroxyl groups excluding tert-OH is 1. The van der Waals surface area contributed by atoms with E-state index in [0.29, 0.717) is 29.7 Å². The topological polar surface area (TPSA) is 46.5 Å². The van der Waals surface area contributed by atoms with E-state index in [1.54, 1.807) is 18.2 Å². The maximum atomic E-state index is 14.6. The summed E-state index contributed by atoms with van der Waals surface area (Å²) in [5.41, 5.74) is 1.27. The SMILES string of the molecule is CC(C)(F)c1cc(OCC2=C(C3CCCC3)CC(F)(F)C2)ccc1CCC=O.CO. The zero-order valence-corrected chi connectivity index (χ0v) is 18.1. The smallest absolute Gasteiger partial charge is 0.255 e. The van der Waals surface area contributed by atoms with E-state index in [9.17, 15) is 18.0 Å². The highest BCUT2D eigenvalue weighted by Gasteiger charge is 2.42. The molecule has 0 amide bonds.